The number of nitrogens with one attached hydrogen (secondary N) is 2. The van der Waals surface area contributed by atoms with Gasteiger partial charge in [-0.15, -0.1) is 0 Å². The number of carbonyl (C=O) groups excluding carboxylic acids is 2. The lowest BCUT2D eigenvalue weighted by atomic mass is 9.76. The van der Waals surface area contributed by atoms with E-state index in [1.807, 2.05) is 0 Å². The third-order valence-electron chi connectivity index (χ3n) is 7.62. The van der Waals surface area contributed by atoms with Crippen molar-refractivity contribution in [2.45, 2.75) is 31.0 Å². The quantitative estimate of drug-likeness (QED) is 0.306. The van der Waals surface area contributed by atoms with Gasteiger partial charge in [-0.1, -0.05) is 36.4 Å². The zero-order valence-electron chi connectivity index (χ0n) is 23.1. The molecule has 1 fully saturated rings. The normalized spacial score (nSPS) is 15.2. The van der Waals surface area contributed by atoms with Gasteiger partial charge in [-0.3, -0.25) is 9.59 Å². The van der Waals surface area contributed by atoms with E-state index < -0.39 is 40.8 Å². The minimum absolute atomic E-state index is 0.0665. The molecule has 9 nitrogen and oxygen atoms in total. The van der Waals surface area contributed by atoms with Crippen LogP contribution in [-0.2, 0) is 17.4 Å². The highest BCUT2D eigenvalue weighted by Gasteiger charge is 2.46. The first-order valence-electron chi connectivity index (χ1n) is 13.4. The molecule has 0 aromatic heterocycles. The predicted molar refractivity (Wildman–Crippen MR) is 151 cm³/mol. The van der Waals surface area contributed by atoms with Crippen molar-refractivity contribution in [1.29, 1.82) is 5.26 Å². The summed E-state index contributed by atoms with van der Waals surface area (Å²) in [6.45, 7) is 0.133. The summed E-state index contributed by atoms with van der Waals surface area (Å²) in [6.07, 6.45) is -5.91. The lowest BCUT2D eigenvalue weighted by Gasteiger charge is -2.40. The van der Waals surface area contributed by atoms with E-state index in [4.69, 9.17) is 5.26 Å². The maximum absolute atomic E-state index is 13.7. The second kappa shape index (κ2) is 12.5. The van der Waals surface area contributed by atoms with E-state index in [0.29, 0.717) is 28.3 Å². The average molecular weight is 595 g/mol. The van der Waals surface area contributed by atoms with Gasteiger partial charge in [0.1, 0.15) is 5.60 Å². The van der Waals surface area contributed by atoms with E-state index in [1.54, 1.807) is 48.5 Å². The minimum Gasteiger partial charge on any atom is -0.465 e. The molecule has 0 radical (unpaired) electrons. The number of rotatable bonds is 7. The monoisotopic (exact) mass is 594 g/mol. The molecule has 4 N–H and O–H groups in total. The van der Waals surface area contributed by atoms with Crippen molar-refractivity contribution in [3.05, 3.63) is 89.0 Å². The number of hydrogen-bond acceptors (Lipinski definition) is 5. The molecule has 0 spiro atoms. The van der Waals surface area contributed by atoms with Crippen LogP contribution in [0.1, 0.15) is 39.9 Å². The molecule has 12 heteroatoms. The van der Waals surface area contributed by atoms with Crippen molar-refractivity contribution in [2.24, 2.45) is 5.92 Å². The van der Waals surface area contributed by atoms with Crippen LogP contribution in [0.15, 0.2) is 66.7 Å². The molecule has 4 rings (SSSR count). The fourth-order valence-electron chi connectivity index (χ4n) is 5.31. The Kier molecular flexibility index (Phi) is 9.06. The summed E-state index contributed by atoms with van der Waals surface area (Å²) in [5.41, 5.74) is -1.82. The van der Waals surface area contributed by atoms with E-state index in [1.165, 1.54) is 18.0 Å². The van der Waals surface area contributed by atoms with Gasteiger partial charge in [0.05, 0.1) is 17.2 Å². The third-order valence-corrected chi connectivity index (χ3v) is 7.62. The molecule has 0 aliphatic carbocycles. The van der Waals surface area contributed by atoms with Gasteiger partial charge in [0.15, 0.2) is 0 Å². The number of benzene rings is 3. The van der Waals surface area contributed by atoms with Gasteiger partial charge in [-0.05, 0) is 59.9 Å². The SMILES string of the molecule is CNC(=O)c1cccc(-c2cccc(CC(O)(C(=O)Nc3ccc(C#N)c(C(F)(F)F)c3)C3CCN(C(=O)O)CC3)c2)c1. The summed E-state index contributed by atoms with van der Waals surface area (Å²) in [7, 11) is 1.52. The topological polar surface area (TPSA) is 143 Å². The Morgan fingerprint density at radius 2 is 1.65 bits per heavy atom. The number of likely N-dealkylation sites (tertiary alicyclic amines) is 1. The standard InChI is InChI=1S/C31H29F3N4O5/c1-36-27(39)22-7-3-6-21(15-22)20-5-2-4-19(14-20)17-30(43,24-10-12-38(13-11-24)29(41)42)28(40)37-25-9-8-23(18-35)26(16-25)31(32,33)34/h2-9,14-16,24,43H,10-13,17H2,1H3,(H,36,39)(H,37,40)(H,41,42). The number of anilines is 1. The van der Waals surface area contributed by atoms with E-state index in [-0.39, 0.29) is 43.9 Å². The summed E-state index contributed by atoms with van der Waals surface area (Å²) >= 11 is 0. The van der Waals surface area contributed by atoms with Gasteiger partial charge >= 0.3 is 12.3 Å². The Labute approximate surface area is 245 Å². The van der Waals surface area contributed by atoms with E-state index in [0.717, 1.165) is 12.1 Å². The molecular formula is C31H29F3N4O5. The Balaban J connectivity index is 1.68. The van der Waals surface area contributed by atoms with Gasteiger partial charge in [0.2, 0.25) is 0 Å². The molecule has 43 heavy (non-hydrogen) atoms. The number of hydrogen-bond donors (Lipinski definition) is 4. The maximum atomic E-state index is 13.7. The predicted octanol–water partition coefficient (Wildman–Crippen LogP) is 4.91. The number of halogens is 3. The lowest BCUT2D eigenvalue weighted by molar-refractivity contribution is -0.142. The molecule has 1 atom stereocenters. The number of carbonyl (C=O) groups is 3. The Bertz CT molecular complexity index is 1580. The van der Waals surface area contributed by atoms with Gasteiger partial charge in [0.25, 0.3) is 11.8 Å². The molecule has 224 valence electrons. The van der Waals surface area contributed by atoms with Crippen LogP contribution in [0.25, 0.3) is 11.1 Å². The summed E-state index contributed by atoms with van der Waals surface area (Å²) in [4.78, 5) is 38.4. The number of nitrogens with zero attached hydrogens (tertiary/aromatic N) is 2. The number of alkyl halides is 3. The second-order valence-corrected chi connectivity index (χ2v) is 10.3. The van der Waals surface area contributed by atoms with Crippen LogP contribution < -0.4 is 10.6 Å². The molecule has 3 aromatic carbocycles. The molecular weight excluding hydrogens is 565 g/mol. The number of amides is 3. The van der Waals surface area contributed by atoms with Crippen molar-refractivity contribution in [1.82, 2.24) is 10.2 Å². The highest BCUT2D eigenvalue weighted by atomic mass is 19.4. The minimum atomic E-state index is -4.85. The van der Waals surface area contributed by atoms with Crippen molar-refractivity contribution in [3.8, 4) is 17.2 Å². The smallest absolute Gasteiger partial charge is 0.417 e. The number of nitriles is 1. The first kappa shape index (κ1) is 31.1. The molecule has 3 aromatic rings. The largest absolute Gasteiger partial charge is 0.465 e. The molecule has 1 aliphatic heterocycles. The van der Waals surface area contributed by atoms with Crippen molar-refractivity contribution in [3.63, 3.8) is 0 Å². The zero-order valence-corrected chi connectivity index (χ0v) is 23.1. The van der Waals surface area contributed by atoms with Crippen LogP contribution in [0.2, 0.25) is 0 Å². The van der Waals surface area contributed by atoms with Crippen molar-refractivity contribution >= 4 is 23.6 Å². The lowest BCUT2D eigenvalue weighted by Crippen LogP contribution is -2.54. The average Bonchev–Trinajstić information content (AvgIpc) is 3.00. The fourth-order valence-corrected chi connectivity index (χ4v) is 5.31. The number of piperidine rings is 1. The fraction of sp³-hybridized carbons (Fsp3) is 0.290. The third kappa shape index (κ3) is 6.95. The van der Waals surface area contributed by atoms with E-state index in [2.05, 4.69) is 10.6 Å². The van der Waals surface area contributed by atoms with Crippen LogP contribution in [-0.4, -0.2) is 58.8 Å². The number of aliphatic hydroxyl groups is 1. The highest BCUT2D eigenvalue weighted by Crippen LogP contribution is 2.36. The Morgan fingerprint density at radius 3 is 2.26 bits per heavy atom. The van der Waals surface area contributed by atoms with Crippen molar-refractivity contribution < 1.29 is 37.8 Å². The van der Waals surface area contributed by atoms with E-state index in [9.17, 15) is 37.8 Å². The maximum Gasteiger partial charge on any atom is 0.417 e. The van der Waals surface area contributed by atoms with Crippen molar-refractivity contribution in [2.75, 3.05) is 25.5 Å². The highest BCUT2D eigenvalue weighted by molar-refractivity contribution is 5.98. The van der Waals surface area contributed by atoms with Gasteiger partial charge in [-0.2, -0.15) is 18.4 Å². The molecule has 3 amide bonds. The van der Waals surface area contributed by atoms with E-state index >= 15 is 0 Å². The molecule has 0 saturated carbocycles. The Morgan fingerprint density at radius 1 is 1.00 bits per heavy atom. The van der Waals surface area contributed by atoms with Crippen LogP contribution in [0.3, 0.4) is 0 Å². The van der Waals surface area contributed by atoms with Gasteiger partial charge < -0.3 is 25.7 Å². The van der Waals surface area contributed by atoms with Gasteiger partial charge in [0, 0.05) is 43.7 Å². The summed E-state index contributed by atoms with van der Waals surface area (Å²) < 4.78 is 40.6. The van der Waals surface area contributed by atoms with Crippen LogP contribution in [0.4, 0.5) is 23.7 Å². The Hall–Kier alpha value is -4.89. The number of carboxylic acid groups (broad SMARTS) is 1. The van der Waals surface area contributed by atoms with Crippen LogP contribution in [0, 0.1) is 17.2 Å². The van der Waals surface area contributed by atoms with Crippen LogP contribution >= 0.6 is 0 Å². The molecule has 1 aliphatic rings. The summed E-state index contributed by atoms with van der Waals surface area (Å²) in [5.74, 6) is -1.94. The summed E-state index contributed by atoms with van der Waals surface area (Å²) in [5, 5.41) is 35.4. The molecule has 1 heterocycles. The van der Waals surface area contributed by atoms with Crippen LogP contribution in [0.5, 0.6) is 0 Å². The van der Waals surface area contributed by atoms with Gasteiger partial charge in [-0.25, -0.2) is 4.79 Å². The molecule has 1 unspecified atom stereocenters. The summed E-state index contributed by atoms with van der Waals surface area (Å²) in [6, 6.07) is 18.1. The first-order chi connectivity index (χ1) is 20.3. The molecule has 1 saturated heterocycles. The zero-order chi connectivity index (χ0) is 31.4. The molecule has 0 bridgehead atoms. The first-order valence-corrected chi connectivity index (χ1v) is 13.4. The second-order valence-electron chi connectivity index (χ2n) is 10.3.